The number of hydrogen-bond donors (Lipinski definition) is 2. The van der Waals surface area contributed by atoms with Crippen molar-refractivity contribution >= 4 is 47.1 Å². The number of aryl methyl sites for hydroxylation is 2. The molecule has 2 aromatic rings. The van der Waals surface area contributed by atoms with Gasteiger partial charge in [-0.25, -0.2) is 4.98 Å². The number of amides is 1. The second kappa shape index (κ2) is 8.34. The molecule has 0 aliphatic carbocycles. The number of carbonyl (C=O) groups excluding carboxylic acids is 1. The number of nitrogens with one attached hydrogen (secondary N) is 2. The van der Waals surface area contributed by atoms with Gasteiger partial charge in [0.2, 0.25) is 5.91 Å². The molecular weight excluding hydrogens is 362 g/mol. The second-order valence-corrected chi connectivity index (χ2v) is 8.21. The Labute approximate surface area is 157 Å². The number of benzene rings is 1. The maximum atomic E-state index is 12.3. The number of thiazole rings is 1. The highest BCUT2D eigenvalue weighted by Gasteiger charge is 2.28. The summed E-state index contributed by atoms with van der Waals surface area (Å²) in [5.41, 5.74) is 3.03. The highest BCUT2D eigenvalue weighted by Crippen LogP contribution is 2.32. The van der Waals surface area contributed by atoms with Gasteiger partial charge >= 0.3 is 0 Å². The summed E-state index contributed by atoms with van der Waals surface area (Å²) in [6.07, 6.45) is 0. The predicted octanol–water partition coefficient (Wildman–Crippen LogP) is 4.13. The Morgan fingerprint density at radius 3 is 2.71 bits per heavy atom. The van der Waals surface area contributed by atoms with Crippen molar-refractivity contribution in [3.05, 3.63) is 34.8 Å². The van der Waals surface area contributed by atoms with Crippen molar-refractivity contribution in [2.75, 3.05) is 18.4 Å². The Morgan fingerprint density at radius 1 is 1.42 bits per heavy atom. The minimum Gasteiger partial charge on any atom is -0.326 e. The van der Waals surface area contributed by atoms with Gasteiger partial charge in [-0.3, -0.25) is 4.79 Å². The zero-order chi connectivity index (χ0) is 16.4. The molecule has 0 bridgehead atoms. The fourth-order valence-electron chi connectivity index (χ4n) is 2.45. The number of carbonyl (C=O) groups is 1. The summed E-state index contributed by atoms with van der Waals surface area (Å²) in [6.45, 7) is 7.92. The monoisotopic (exact) mass is 383 g/mol. The summed E-state index contributed by atoms with van der Waals surface area (Å²) in [7, 11) is 0. The van der Waals surface area contributed by atoms with Crippen LogP contribution in [0, 0.1) is 25.7 Å². The Bertz CT molecular complexity index is 716. The van der Waals surface area contributed by atoms with E-state index in [0.717, 1.165) is 39.3 Å². The lowest BCUT2D eigenvalue weighted by Crippen LogP contribution is -2.48. The normalized spacial score (nSPS) is 15.3. The maximum Gasteiger partial charge on any atom is 0.227 e. The molecule has 7 heteroatoms. The first-order valence-corrected chi connectivity index (χ1v) is 9.45. The molecule has 1 amide bonds. The van der Waals surface area contributed by atoms with E-state index in [1.807, 2.05) is 32.9 Å². The lowest BCUT2D eigenvalue weighted by Gasteiger charge is -2.31. The van der Waals surface area contributed by atoms with E-state index in [4.69, 9.17) is 0 Å². The van der Waals surface area contributed by atoms with Crippen LogP contribution >= 0.6 is 35.5 Å². The molecule has 1 saturated heterocycles. The predicted molar refractivity (Wildman–Crippen MR) is 104 cm³/mol. The molecule has 0 saturated carbocycles. The lowest BCUT2D eigenvalue weighted by atomic mass is 9.88. The first kappa shape index (κ1) is 19.2. The first-order chi connectivity index (χ1) is 11.0. The molecule has 3 rings (SSSR count). The summed E-state index contributed by atoms with van der Waals surface area (Å²) in [5.74, 6) is 0.608. The van der Waals surface area contributed by atoms with E-state index < -0.39 is 0 Å². The van der Waals surface area contributed by atoms with Crippen LogP contribution in [-0.2, 0) is 4.79 Å². The molecule has 1 fully saturated rings. The Balaban J connectivity index is 0.00000208. The molecule has 4 nitrogen and oxygen atoms in total. The van der Waals surface area contributed by atoms with Gasteiger partial charge in [-0.05, 0) is 56.6 Å². The molecule has 1 aliphatic heterocycles. The molecule has 1 aromatic carbocycles. The molecule has 1 aromatic heterocycles. The number of nitrogens with zero attached hydrogens (tertiary/aromatic N) is 1. The van der Waals surface area contributed by atoms with Crippen LogP contribution in [0.3, 0.4) is 0 Å². The van der Waals surface area contributed by atoms with Gasteiger partial charge in [0.25, 0.3) is 0 Å². The van der Waals surface area contributed by atoms with Gasteiger partial charge in [0.15, 0.2) is 4.34 Å². The van der Waals surface area contributed by atoms with Gasteiger partial charge < -0.3 is 10.6 Å². The van der Waals surface area contributed by atoms with Crippen molar-refractivity contribution in [1.82, 2.24) is 10.3 Å². The maximum absolute atomic E-state index is 12.3. The van der Waals surface area contributed by atoms with E-state index in [-0.39, 0.29) is 24.2 Å². The van der Waals surface area contributed by atoms with Crippen LogP contribution in [0.15, 0.2) is 32.8 Å². The van der Waals surface area contributed by atoms with Crippen LogP contribution in [0.5, 0.6) is 0 Å². The van der Waals surface area contributed by atoms with Crippen LogP contribution < -0.4 is 10.6 Å². The van der Waals surface area contributed by atoms with Gasteiger partial charge in [-0.2, -0.15) is 0 Å². The van der Waals surface area contributed by atoms with Crippen LogP contribution in [0.1, 0.15) is 18.2 Å². The highest BCUT2D eigenvalue weighted by molar-refractivity contribution is 8.01. The lowest BCUT2D eigenvalue weighted by molar-refractivity contribution is -0.121. The van der Waals surface area contributed by atoms with Gasteiger partial charge in [0, 0.05) is 27.6 Å². The third-order valence-electron chi connectivity index (χ3n) is 4.19. The molecule has 1 atom stereocenters. The van der Waals surface area contributed by atoms with E-state index in [1.54, 1.807) is 23.1 Å². The molecule has 130 valence electrons. The molecule has 0 radical (unpaired) electrons. The third kappa shape index (κ3) is 4.51. The smallest absolute Gasteiger partial charge is 0.227 e. The Kier molecular flexibility index (Phi) is 6.69. The Morgan fingerprint density at radius 2 is 2.17 bits per heavy atom. The summed E-state index contributed by atoms with van der Waals surface area (Å²) < 4.78 is 1.05. The standard InChI is InChI=1S/C17H21N3OS2.ClH/c1-10-6-14(23-17-19-11(2)9-22-17)4-5-15(10)20-16(21)12(3)13-7-18-8-13;/h4-6,9,12-13,18H,7-8H2,1-3H3,(H,20,21);1H. The summed E-state index contributed by atoms with van der Waals surface area (Å²) in [6, 6.07) is 6.13. The number of halogens is 1. The molecule has 1 unspecified atom stereocenters. The van der Waals surface area contributed by atoms with Crippen LogP contribution in [0.25, 0.3) is 0 Å². The number of anilines is 1. The third-order valence-corrected chi connectivity index (χ3v) is 6.24. The van der Waals surface area contributed by atoms with Crippen LogP contribution in [0.2, 0.25) is 0 Å². The van der Waals surface area contributed by atoms with E-state index in [0.29, 0.717) is 5.92 Å². The first-order valence-electron chi connectivity index (χ1n) is 7.75. The fraction of sp³-hybridized carbons (Fsp3) is 0.412. The summed E-state index contributed by atoms with van der Waals surface area (Å²) in [4.78, 5) is 17.9. The van der Waals surface area contributed by atoms with Crippen molar-refractivity contribution in [2.45, 2.75) is 30.0 Å². The highest BCUT2D eigenvalue weighted by atomic mass is 35.5. The van der Waals surface area contributed by atoms with Crippen LogP contribution in [0.4, 0.5) is 5.69 Å². The van der Waals surface area contributed by atoms with Crippen molar-refractivity contribution in [3.63, 3.8) is 0 Å². The molecule has 2 N–H and O–H groups in total. The Hall–Kier alpha value is -1.08. The minimum absolute atomic E-state index is 0. The van der Waals surface area contributed by atoms with Crippen LogP contribution in [-0.4, -0.2) is 24.0 Å². The summed E-state index contributed by atoms with van der Waals surface area (Å²) >= 11 is 3.32. The summed E-state index contributed by atoms with van der Waals surface area (Å²) in [5, 5.41) is 8.34. The molecule has 1 aliphatic rings. The van der Waals surface area contributed by atoms with Gasteiger partial charge in [0.05, 0.1) is 0 Å². The number of hydrogen-bond acceptors (Lipinski definition) is 5. The van der Waals surface area contributed by atoms with Crippen molar-refractivity contribution in [1.29, 1.82) is 0 Å². The fourth-order valence-corrected chi connectivity index (χ4v) is 4.35. The van der Waals surface area contributed by atoms with E-state index in [2.05, 4.69) is 27.1 Å². The van der Waals surface area contributed by atoms with Crippen molar-refractivity contribution in [2.24, 2.45) is 11.8 Å². The number of rotatable bonds is 5. The SMILES string of the molecule is Cc1csc(Sc2ccc(NC(=O)C(C)C3CNC3)c(C)c2)n1.Cl. The quantitative estimate of drug-likeness (QED) is 0.815. The molecule has 0 spiro atoms. The van der Waals surface area contributed by atoms with Crippen molar-refractivity contribution < 1.29 is 4.79 Å². The van der Waals surface area contributed by atoms with E-state index in [1.165, 1.54) is 0 Å². The zero-order valence-electron chi connectivity index (χ0n) is 14.0. The van der Waals surface area contributed by atoms with Crippen molar-refractivity contribution in [3.8, 4) is 0 Å². The minimum atomic E-state index is 0. The molecule has 2 heterocycles. The van der Waals surface area contributed by atoms with Gasteiger partial charge in [0.1, 0.15) is 0 Å². The van der Waals surface area contributed by atoms with E-state index >= 15 is 0 Å². The second-order valence-electron chi connectivity index (χ2n) is 6.03. The largest absolute Gasteiger partial charge is 0.326 e. The van der Waals surface area contributed by atoms with Gasteiger partial charge in [-0.1, -0.05) is 18.7 Å². The average molecular weight is 384 g/mol. The molecule has 24 heavy (non-hydrogen) atoms. The molecular formula is C17H22ClN3OS2. The number of aromatic nitrogens is 1. The topological polar surface area (TPSA) is 54.0 Å². The average Bonchev–Trinajstić information content (AvgIpc) is 2.85. The van der Waals surface area contributed by atoms with E-state index in [9.17, 15) is 4.79 Å². The zero-order valence-corrected chi connectivity index (χ0v) is 16.4. The van der Waals surface area contributed by atoms with Gasteiger partial charge in [-0.15, -0.1) is 23.7 Å².